The van der Waals surface area contributed by atoms with E-state index < -0.39 is 9.84 Å². The highest BCUT2D eigenvalue weighted by Crippen LogP contribution is 2.28. The van der Waals surface area contributed by atoms with Crippen molar-refractivity contribution in [2.75, 3.05) is 6.54 Å². The molecule has 2 unspecified atom stereocenters. The Morgan fingerprint density at radius 2 is 2.10 bits per heavy atom. The Morgan fingerprint density at radius 3 is 2.80 bits per heavy atom. The highest BCUT2D eigenvalue weighted by atomic mass is 32.2. The molecular weight excluding hydrogens is 270 g/mol. The number of rotatable bonds is 6. The van der Waals surface area contributed by atoms with Crippen LogP contribution in [-0.2, 0) is 15.6 Å². The maximum absolute atomic E-state index is 12.5. The summed E-state index contributed by atoms with van der Waals surface area (Å²) in [5.74, 6) is 0.180. The summed E-state index contributed by atoms with van der Waals surface area (Å²) < 4.78 is 25.0. The zero-order valence-corrected chi connectivity index (χ0v) is 13.2. The van der Waals surface area contributed by atoms with Crippen molar-refractivity contribution in [2.24, 2.45) is 0 Å². The predicted molar refractivity (Wildman–Crippen MR) is 83.5 cm³/mol. The van der Waals surface area contributed by atoms with Gasteiger partial charge in [-0.15, -0.1) is 0 Å². The van der Waals surface area contributed by atoms with Gasteiger partial charge in [-0.2, -0.15) is 0 Å². The molecule has 20 heavy (non-hydrogen) atoms. The molecule has 3 nitrogen and oxygen atoms in total. The van der Waals surface area contributed by atoms with Crippen LogP contribution in [0.3, 0.4) is 0 Å². The van der Waals surface area contributed by atoms with Crippen LogP contribution in [-0.4, -0.2) is 26.3 Å². The normalized spacial score (nSPS) is 23.1. The van der Waals surface area contributed by atoms with Gasteiger partial charge in [0.05, 0.1) is 11.0 Å². The van der Waals surface area contributed by atoms with Crippen LogP contribution >= 0.6 is 0 Å². The monoisotopic (exact) mass is 295 g/mol. The highest BCUT2D eigenvalue weighted by molar-refractivity contribution is 7.91. The quantitative estimate of drug-likeness (QED) is 0.878. The van der Waals surface area contributed by atoms with E-state index in [0.29, 0.717) is 6.04 Å². The molecule has 1 aliphatic rings. The lowest BCUT2D eigenvalue weighted by atomic mass is 10.2. The highest BCUT2D eigenvalue weighted by Gasteiger charge is 2.33. The van der Waals surface area contributed by atoms with Crippen molar-refractivity contribution in [3.8, 4) is 0 Å². The second kappa shape index (κ2) is 6.72. The summed E-state index contributed by atoms with van der Waals surface area (Å²) in [4.78, 5) is 0. The van der Waals surface area contributed by atoms with E-state index in [2.05, 4.69) is 12.2 Å². The van der Waals surface area contributed by atoms with Crippen LogP contribution in [0, 0.1) is 6.92 Å². The molecule has 1 aromatic carbocycles. The molecule has 1 N–H and O–H groups in total. The SMILES string of the molecule is CCCNC1CCC(S(=O)(=O)Cc2cccc(C)c2)C1. The van der Waals surface area contributed by atoms with Gasteiger partial charge in [0.1, 0.15) is 0 Å². The van der Waals surface area contributed by atoms with E-state index in [9.17, 15) is 8.42 Å². The molecule has 0 radical (unpaired) electrons. The third-order valence-corrected chi connectivity index (χ3v) is 6.21. The van der Waals surface area contributed by atoms with E-state index >= 15 is 0 Å². The molecule has 2 atom stereocenters. The zero-order valence-electron chi connectivity index (χ0n) is 12.4. The van der Waals surface area contributed by atoms with Gasteiger partial charge in [0.25, 0.3) is 0 Å². The predicted octanol–water partition coefficient (Wildman–Crippen LogP) is 2.83. The van der Waals surface area contributed by atoms with Crippen LogP contribution < -0.4 is 5.32 Å². The van der Waals surface area contributed by atoms with Gasteiger partial charge >= 0.3 is 0 Å². The van der Waals surface area contributed by atoms with E-state index in [0.717, 1.165) is 43.4 Å². The minimum absolute atomic E-state index is 0.169. The number of hydrogen-bond acceptors (Lipinski definition) is 3. The van der Waals surface area contributed by atoms with E-state index in [1.807, 2.05) is 31.2 Å². The second-order valence-corrected chi connectivity index (χ2v) is 8.16. The van der Waals surface area contributed by atoms with Crippen molar-refractivity contribution >= 4 is 9.84 Å². The fourth-order valence-corrected chi connectivity index (χ4v) is 4.85. The van der Waals surface area contributed by atoms with Crippen molar-refractivity contribution in [2.45, 2.75) is 56.6 Å². The molecule has 1 fully saturated rings. The molecule has 0 heterocycles. The van der Waals surface area contributed by atoms with E-state index in [4.69, 9.17) is 0 Å². The van der Waals surface area contributed by atoms with Crippen molar-refractivity contribution in [3.05, 3.63) is 35.4 Å². The maximum Gasteiger partial charge on any atom is 0.157 e. The van der Waals surface area contributed by atoms with Crippen LogP contribution in [0.25, 0.3) is 0 Å². The summed E-state index contributed by atoms with van der Waals surface area (Å²) in [5.41, 5.74) is 2.03. The fourth-order valence-electron chi connectivity index (χ4n) is 2.95. The van der Waals surface area contributed by atoms with Crippen LogP contribution in [0.5, 0.6) is 0 Å². The lowest BCUT2D eigenvalue weighted by molar-refractivity contribution is 0.520. The standard InChI is InChI=1S/C16H25NO2S/c1-3-9-17-15-7-8-16(11-15)20(18,19)12-14-6-4-5-13(2)10-14/h4-6,10,15-17H,3,7-9,11-12H2,1-2H3. The molecule has 1 aromatic rings. The largest absolute Gasteiger partial charge is 0.314 e. The van der Waals surface area contributed by atoms with Crippen molar-refractivity contribution in [3.63, 3.8) is 0 Å². The van der Waals surface area contributed by atoms with Gasteiger partial charge in [-0.3, -0.25) is 0 Å². The molecular formula is C16H25NO2S. The van der Waals surface area contributed by atoms with Gasteiger partial charge < -0.3 is 5.32 Å². The second-order valence-electron chi connectivity index (χ2n) is 5.88. The Bertz CT molecular complexity index is 539. The molecule has 0 bridgehead atoms. The molecule has 0 spiro atoms. The average molecular weight is 295 g/mol. The Kier molecular flexibility index (Phi) is 5.22. The van der Waals surface area contributed by atoms with Gasteiger partial charge in [-0.25, -0.2) is 8.42 Å². The van der Waals surface area contributed by atoms with Gasteiger partial charge in [0.2, 0.25) is 0 Å². The maximum atomic E-state index is 12.5. The molecule has 1 aliphatic carbocycles. The Labute approximate surface area is 122 Å². The Morgan fingerprint density at radius 1 is 1.30 bits per heavy atom. The molecule has 0 saturated heterocycles. The van der Waals surface area contributed by atoms with Crippen molar-refractivity contribution in [1.82, 2.24) is 5.32 Å². The molecule has 0 aromatic heterocycles. The summed E-state index contributed by atoms with van der Waals surface area (Å²) in [6.45, 7) is 5.11. The molecule has 0 amide bonds. The van der Waals surface area contributed by atoms with Crippen LogP contribution in [0.2, 0.25) is 0 Å². The number of sulfone groups is 1. The molecule has 4 heteroatoms. The minimum atomic E-state index is -3.03. The van der Waals surface area contributed by atoms with Gasteiger partial charge in [-0.1, -0.05) is 36.8 Å². The van der Waals surface area contributed by atoms with E-state index in [1.54, 1.807) is 0 Å². The first-order chi connectivity index (χ1) is 9.51. The third-order valence-electron chi connectivity index (χ3n) is 4.03. The Hall–Kier alpha value is -0.870. The smallest absolute Gasteiger partial charge is 0.157 e. The first-order valence-electron chi connectivity index (χ1n) is 7.51. The van der Waals surface area contributed by atoms with Crippen molar-refractivity contribution < 1.29 is 8.42 Å². The summed E-state index contributed by atoms with van der Waals surface area (Å²) in [6.07, 6.45) is 3.65. The first-order valence-corrected chi connectivity index (χ1v) is 9.23. The molecule has 0 aliphatic heterocycles. The number of hydrogen-bond donors (Lipinski definition) is 1. The minimum Gasteiger partial charge on any atom is -0.314 e. The number of benzene rings is 1. The number of nitrogens with one attached hydrogen (secondary N) is 1. The molecule has 1 saturated carbocycles. The van der Waals surface area contributed by atoms with Gasteiger partial charge in [0, 0.05) is 6.04 Å². The van der Waals surface area contributed by atoms with Gasteiger partial charge in [-0.05, 0) is 44.7 Å². The van der Waals surface area contributed by atoms with E-state index in [-0.39, 0.29) is 11.0 Å². The average Bonchev–Trinajstić information content (AvgIpc) is 2.85. The van der Waals surface area contributed by atoms with Gasteiger partial charge in [0.15, 0.2) is 9.84 Å². The summed E-state index contributed by atoms with van der Waals surface area (Å²) >= 11 is 0. The molecule has 2 rings (SSSR count). The Balaban J connectivity index is 1.97. The topological polar surface area (TPSA) is 46.2 Å². The number of aryl methyl sites for hydroxylation is 1. The lowest BCUT2D eigenvalue weighted by Crippen LogP contribution is -2.29. The lowest BCUT2D eigenvalue weighted by Gasteiger charge is -2.14. The molecule has 112 valence electrons. The van der Waals surface area contributed by atoms with Crippen LogP contribution in [0.1, 0.15) is 43.7 Å². The third kappa shape index (κ3) is 4.06. The van der Waals surface area contributed by atoms with Crippen LogP contribution in [0.4, 0.5) is 0 Å². The summed E-state index contributed by atoms with van der Waals surface area (Å²) in [6, 6.07) is 8.19. The summed E-state index contributed by atoms with van der Waals surface area (Å²) in [7, 11) is -3.03. The summed E-state index contributed by atoms with van der Waals surface area (Å²) in [5, 5.41) is 3.27. The zero-order chi connectivity index (χ0) is 14.6. The van der Waals surface area contributed by atoms with Crippen molar-refractivity contribution in [1.29, 1.82) is 0 Å². The fraction of sp³-hybridized carbons (Fsp3) is 0.625. The first kappa shape index (κ1) is 15.5. The van der Waals surface area contributed by atoms with Crippen LogP contribution in [0.15, 0.2) is 24.3 Å². The van der Waals surface area contributed by atoms with E-state index in [1.165, 1.54) is 0 Å².